The van der Waals surface area contributed by atoms with E-state index in [9.17, 15) is 14.7 Å². The number of aliphatic hydroxyl groups excluding tert-OH is 1. The summed E-state index contributed by atoms with van der Waals surface area (Å²) in [5.41, 5.74) is 0.860. The number of hydrogen-bond acceptors (Lipinski definition) is 4. The highest BCUT2D eigenvalue weighted by atomic mass is 32.1. The molecule has 1 aromatic heterocycles. The van der Waals surface area contributed by atoms with Crippen molar-refractivity contribution in [3.63, 3.8) is 0 Å². The van der Waals surface area contributed by atoms with E-state index in [-0.39, 0.29) is 24.8 Å². The number of hydrogen-bond donors (Lipinski definition) is 3. The van der Waals surface area contributed by atoms with Gasteiger partial charge in [-0.3, -0.25) is 9.59 Å². The molecule has 0 saturated heterocycles. The van der Waals surface area contributed by atoms with Gasteiger partial charge in [0.05, 0.1) is 18.6 Å². The van der Waals surface area contributed by atoms with E-state index in [1.807, 2.05) is 17.5 Å². The third-order valence-electron chi connectivity index (χ3n) is 3.40. The molecule has 0 atom stereocenters. The quantitative estimate of drug-likeness (QED) is 0.666. The molecule has 2 amide bonds. The second-order valence-corrected chi connectivity index (χ2v) is 7.28. The molecule has 1 aromatic carbocycles. The maximum absolute atomic E-state index is 11.9. The van der Waals surface area contributed by atoms with Crippen LogP contribution in [0.5, 0.6) is 0 Å². The molecule has 132 valence electrons. The lowest BCUT2D eigenvalue weighted by Gasteiger charge is -2.23. The van der Waals surface area contributed by atoms with Crippen LogP contribution in [0.25, 0.3) is 6.08 Å². The highest BCUT2D eigenvalue weighted by molar-refractivity contribution is 7.10. The van der Waals surface area contributed by atoms with E-state index in [1.54, 1.807) is 55.5 Å². The maximum Gasteiger partial charge on any atom is 0.248 e. The number of thiophene rings is 1. The van der Waals surface area contributed by atoms with Crippen LogP contribution in [0.2, 0.25) is 0 Å². The third-order valence-corrected chi connectivity index (χ3v) is 4.24. The van der Waals surface area contributed by atoms with E-state index in [4.69, 9.17) is 0 Å². The van der Waals surface area contributed by atoms with Crippen molar-refractivity contribution in [2.75, 3.05) is 11.9 Å². The lowest BCUT2D eigenvalue weighted by molar-refractivity contribution is -0.122. The summed E-state index contributed by atoms with van der Waals surface area (Å²) >= 11 is 1.56. The summed E-state index contributed by atoms with van der Waals surface area (Å²) < 4.78 is 0. The zero-order valence-corrected chi connectivity index (χ0v) is 15.1. The van der Waals surface area contributed by atoms with Crippen molar-refractivity contribution >= 4 is 34.9 Å². The molecule has 0 fully saturated rings. The molecule has 1 heterocycles. The second-order valence-electron chi connectivity index (χ2n) is 6.30. The number of carbonyl (C=O) groups excluding carboxylic acids is 2. The molecule has 6 heteroatoms. The van der Waals surface area contributed by atoms with Crippen LogP contribution < -0.4 is 10.6 Å². The van der Waals surface area contributed by atoms with Gasteiger partial charge in [-0.25, -0.2) is 0 Å². The zero-order chi connectivity index (χ0) is 18.3. The molecular weight excluding hydrogens is 336 g/mol. The minimum absolute atomic E-state index is 0.122. The van der Waals surface area contributed by atoms with Gasteiger partial charge in [0, 0.05) is 16.6 Å². The first-order valence-electron chi connectivity index (χ1n) is 7.91. The molecule has 2 aromatic rings. The minimum atomic E-state index is -0.639. The Morgan fingerprint density at radius 1 is 1.20 bits per heavy atom. The van der Waals surface area contributed by atoms with E-state index in [0.29, 0.717) is 5.69 Å². The maximum atomic E-state index is 11.9. The van der Waals surface area contributed by atoms with Crippen LogP contribution in [0.3, 0.4) is 0 Å². The van der Waals surface area contributed by atoms with Crippen LogP contribution in [0.15, 0.2) is 47.9 Å². The van der Waals surface area contributed by atoms with E-state index < -0.39 is 5.54 Å². The monoisotopic (exact) mass is 358 g/mol. The van der Waals surface area contributed by atoms with E-state index in [0.717, 1.165) is 10.4 Å². The highest BCUT2D eigenvalue weighted by Gasteiger charge is 2.18. The number of benzene rings is 1. The van der Waals surface area contributed by atoms with Crippen molar-refractivity contribution in [3.05, 3.63) is 58.3 Å². The molecule has 0 aliphatic carbocycles. The summed E-state index contributed by atoms with van der Waals surface area (Å²) in [6.45, 7) is 3.39. The van der Waals surface area contributed by atoms with Gasteiger partial charge in [0.1, 0.15) is 0 Å². The molecule has 0 radical (unpaired) electrons. The molecule has 0 saturated carbocycles. The van der Waals surface area contributed by atoms with Gasteiger partial charge in [-0.2, -0.15) is 0 Å². The summed E-state index contributed by atoms with van der Waals surface area (Å²) in [4.78, 5) is 24.8. The van der Waals surface area contributed by atoms with Crippen molar-refractivity contribution in [1.29, 1.82) is 0 Å². The van der Waals surface area contributed by atoms with Gasteiger partial charge in [0.15, 0.2) is 0 Å². The standard InChI is InChI=1S/C19H22N2O3S/c1-19(2,13-22)21-18(24)12-14-5-7-15(8-6-14)20-17(23)10-9-16-4-3-11-25-16/h3-11,22H,12-13H2,1-2H3,(H,20,23)(H,21,24). The molecule has 0 aliphatic rings. The first-order chi connectivity index (χ1) is 11.9. The number of carbonyl (C=O) groups is 2. The predicted molar refractivity (Wildman–Crippen MR) is 101 cm³/mol. The fourth-order valence-corrected chi connectivity index (χ4v) is 2.70. The van der Waals surface area contributed by atoms with Crippen LogP contribution in [-0.2, 0) is 16.0 Å². The zero-order valence-electron chi connectivity index (χ0n) is 14.3. The van der Waals surface area contributed by atoms with Crippen LogP contribution in [-0.4, -0.2) is 29.1 Å². The number of amides is 2. The molecule has 0 spiro atoms. The van der Waals surface area contributed by atoms with Crippen LogP contribution >= 0.6 is 11.3 Å². The van der Waals surface area contributed by atoms with E-state index in [2.05, 4.69) is 10.6 Å². The molecule has 0 unspecified atom stereocenters. The van der Waals surface area contributed by atoms with E-state index in [1.165, 1.54) is 6.08 Å². The Morgan fingerprint density at radius 2 is 1.92 bits per heavy atom. The molecule has 0 aliphatic heterocycles. The van der Waals surface area contributed by atoms with Crippen LogP contribution in [0.1, 0.15) is 24.3 Å². The SMILES string of the molecule is CC(C)(CO)NC(=O)Cc1ccc(NC(=O)C=Cc2cccs2)cc1. The molecule has 0 bridgehead atoms. The number of rotatable bonds is 7. The second kappa shape index (κ2) is 8.60. The Bertz CT molecular complexity index is 735. The van der Waals surface area contributed by atoms with Crippen molar-refractivity contribution < 1.29 is 14.7 Å². The fraction of sp³-hybridized carbons (Fsp3) is 0.263. The van der Waals surface area contributed by atoms with Crippen molar-refractivity contribution in [1.82, 2.24) is 5.32 Å². The average Bonchev–Trinajstić information content (AvgIpc) is 3.08. The topological polar surface area (TPSA) is 78.4 Å². The molecular formula is C19H22N2O3S. The Morgan fingerprint density at radius 3 is 2.52 bits per heavy atom. The molecule has 3 N–H and O–H groups in total. The van der Waals surface area contributed by atoms with Gasteiger partial charge >= 0.3 is 0 Å². The van der Waals surface area contributed by atoms with Crippen molar-refractivity contribution in [2.24, 2.45) is 0 Å². The molecule has 5 nitrogen and oxygen atoms in total. The van der Waals surface area contributed by atoms with Crippen molar-refractivity contribution in [2.45, 2.75) is 25.8 Å². The minimum Gasteiger partial charge on any atom is -0.394 e. The summed E-state index contributed by atoms with van der Waals surface area (Å²) in [5, 5.41) is 16.7. The predicted octanol–water partition coefficient (Wildman–Crippen LogP) is 2.83. The summed E-state index contributed by atoms with van der Waals surface area (Å²) in [7, 11) is 0. The highest BCUT2D eigenvalue weighted by Crippen LogP contribution is 2.13. The number of anilines is 1. The fourth-order valence-electron chi connectivity index (χ4n) is 2.08. The largest absolute Gasteiger partial charge is 0.394 e. The van der Waals surface area contributed by atoms with Gasteiger partial charge in [0.25, 0.3) is 0 Å². The van der Waals surface area contributed by atoms with Gasteiger partial charge in [-0.1, -0.05) is 18.2 Å². The van der Waals surface area contributed by atoms with Gasteiger partial charge < -0.3 is 15.7 Å². The smallest absolute Gasteiger partial charge is 0.248 e. The van der Waals surface area contributed by atoms with Crippen LogP contribution in [0, 0.1) is 0 Å². The lowest BCUT2D eigenvalue weighted by atomic mass is 10.1. The third kappa shape index (κ3) is 6.52. The lowest BCUT2D eigenvalue weighted by Crippen LogP contribution is -2.46. The molecule has 25 heavy (non-hydrogen) atoms. The van der Waals surface area contributed by atoms with Gasteiger partial charge in [-0.05, 0) is 49.1 Å². The van der Waals surface area contributed by atoms with Gasteiger partial charge in [0.2, 0.25) is 11.8 Å². The normalized spacial score (nSPS) is 11.5. The Kier molecular flexibility index (Phi) is 6.50. The summed E-state index contributed by atoms with van der Waals surface area (Å²) in [6.07, 6.45) is 3.47. The average molecular weight is 358 g/mol. The molecule has 2 rings (SSSR count). The van der Waals surface area contributed by atoms with Crippen LogP contribution in [0.4, 0.5) is 5.69 Å². The Labute approximate surface area is 151 Å². The first kappa shape index (κ1) is 18.9. The number of nitrogens with one attached hydrogen (secondary N) is 2. The van der Waals surface area contributed by atoms with Gasteiger partial charge in [-0.15, -0.1) is 11.3 Å². The van der Waals surface area contributed by atoms with Crippen molar-refractivity contribution in [3.8, 4) is 0 Å². The first-order valence-corrected chi connectivity index (χ1v) is 8.79. The number of aliphatic hydroxyl groups is 1. The Balaban J connectivity index is 1.87. The summed E-state index contributed by atoms with van der Waals surface area (Å²) in [6, 6.07) is 11.0. The summed E-state index contributed by atoms with van der Waals surface area (Å²) in [5.74, 6) is -0.363. The Hall–Kier alpha value is -2.44. The van der Waals surface area contributed by atoms with E-state index >= 15 is 0 Å².